The summed E-state index contributed by atoms with van der Waals surface area (Å²) in [5.74, 6) is 0.244. The highest BCUT2D eigenvalue weighted by Gasteiger charge is 2.30. The number of aliphatic hydroxyl groups is 1. The molecule has 0 aromatic heterocycles. The van der Waals surface area contributed by atoms with Gasteiger partial charge in [0.1, 0.15) is 5.60 Å². The molecule has 2 unspecified atom stereocenters. The van der Waals surface area contributed by atoms with Crippen molar-refractivity contribution in [1.29, 1.82) is 0 Å². The summed E-state index contributed by atoms with van der Waals surface area (Å²) in [5, 5.41) is 12.4. The number of amides is 1. The number of nitrogens with zero attached hydrogens (tertiary/aromatic N) is 1. The third-order valence-electron chi connectivity index (χ3n) is 3.44. The smallest absolute Gasteiger partial charge is 0.410 e. The molecule has 0 aromatic rings. The third kappa shape index (κ3) is 6.09. The van der Waals surface area contributed by atoms with Crippen molar-refractivity contribution in [3.8, 4) is 0 Å². The number of rotatable bonds is 5. The van der Waals surface area contributed by atoms with E-state index in [1.54, 1.807) is 0 Å². The molecule has 118 valence electrons. The summed E-state index contributed by atoms with van der Waals surface area (Å²) < 4.78 is 5.48. The van der Waals surface area contributed by atoms with Crippen LogP contribution in [0.2, 0.25) is 0 Å². The van der Waals surface area contributed by atoms with Crippen molar-refractivity contribution in [3.05, 3.63) is 0 Å². The van der Waals surface area contributed by atoms with Gasteiger partial charge in [0.05, 0.1) is 0 Å². The van der Waals surface area contributed by atoms with E-state index >= 15 is 0 Å². The number of nitrogens with one attached hydrogen (secondary N) is 1. The van der Waals surface area contributed by atoms with Crippen LogP contribution < -0.4 is 5.32 Å². The largest absolute Gasteiger partial charge is 0.444 e. The Morgan fingerprint density at radius 3 is 2.75 bits per heavy atom. The van der Waals surface area contributed by atoms with Gasteiger partial charge in [-0.1, -0.05) is 6.92 Å². The fraction of sp³-hybridized carbons (Fsp3) is 0.933. The van der Waals surface area contributed by atoms with Gasteiger partial charge in [0.25, 0.3) is 0 Å². The number of hydrogen-bond acceptors (Lipinski definition) is 4. The summed E-state index contributed by atoms with van der Waals surface area (Å²) in [6, 6.07) is 0.199. The number of likely N-dealkylation sites (tertiary alicyclic amines) is 1. The van der Waals surface area contributed by atoms with E-state index < -0.39 is 5.60 Å². The average Bonchev–Trinajstić information content (AvgIpc) is 2.37. The fourth-order valence-corrected chi connectivity index (χ4v) is 2.33. The SMILES string of the molecule is CC(CO)CNCC1CCCCN1C(=O)OC(C)(C)C. The summed E-state index contributed by atoms with van der Waals surface area (Å²) in [4.78, 5) is 14.1. The van der Waals surface area contributed by atoms with Crippen LogP contribution in [0.15, 0.2) is 0 Å². The van der Waals surface area contributed by atoms with E-state index in [4.69, 9.17) is 9.84 Å². The molecule has 1 heterocycles. The van der Waals surface area contributed by atoms with Crippen LogP contribution in [0.4, 0.5) is 4.79 Å². The Morgan fingerprint density at radius 1 is 1.45 bits per heavy atom. The van der Waals surface area contributed by atoms with Crippen LogP contribution >= 0.6 is 0 Å². The van der Waals surface area contributed by atoms with Gasteiger partial charge < -0.3 is 20.1 Å². The lowest BCUT2D eigenvalue weighted by Crippen LogP contribution is -2.50. The van der Waals surface area contributed by atoms with Crippen molar-refractivity contribution >= 4 is 6.09 Å². The van der Waals surface area contributed by atoms with E-state index in [2.05, 4.69) is 5.32 Å². The molecular formula is C15H30N2O3. The van der Waals surface area contributed by atoms with Gasteiger partial charge in [-0.05, 0) is 52.5 Å². The molecule has 2 atom stereocenters. The van der Waals surface area contributed by atoms with E-state index in [0.29, 0.717) is 0 Å². The zero-order valence-electron chi connectivity index (χ0n) is 13.3. The van der Waals surface area contributed by atoms with Gasteiger partial charge >= 0.3 is 6.09 Å². The Morgan fingerprint density at radius 2 is 2.15 bits per heavy atom. The molecule has 0 saturated carbocycles. The Labute approximate surface area is 122 Å². The second-order valence-electron chi connectivity index (χ2n) is 6.77. The minimum absolute atomic E-state index is 0.188. The lowest BCUT2D eigenvalue weighted by Gasteiger charge is -2.37. The molecule has 1 aliphatic rings. The number of carbonyl (C=O) groups is 1. The molecule has 5 heteroatoms. The molecule has 2 N–H and O–H groups in total. The third-order valence-corrected chi connectivity index (χ3v) is 3.44. The molecule has 0 aliphatic carbocycles. The van der Waals surface area contributed by atoms with Crippen molar-refractivity contribution in [2.24, 2.45) is 5.92 Å². The molecular weight excluding hydrogens is 256 g/mol. The van der Waals surface area contributed by atoms with Crippen LogP contribution in [0.25, 0.3) is 0 Å². The maximum absolute atomic E-state index is 12.2. The lowest BCUT2D eigenvalue weighted by atomic mass is 10.0. The standard InChI is InChI=1S/C15H30N2O3/c1-12(11-18)9-16-10-13-7-5-6-8-17(13)14(19)20-15(2,3)4/h12-13,16,18H,5-11H2,1-4H3. The molecule has 1 saturated heterocycles. The molecule has 5 nitrogen and oxygen atoms in total. The quantitative estimate of drug-likeness (QED) is 0.811. The number of carbonyl (C=O) groups excluding carboxylic acids is 1. The maximum atomic E-state index is 12.2. The van der Waals surface area contributed by atoms with E-state index in [-0.39, 0.29) is 24.7 Å². The van der Waals surface area contributed by atoms with Crippen molar-refractivity contribution in [3.63, 3.8) is 0 Å². The van der Waals surface area contributed by atoms with Gasteiger partial charge in [0, 0.05) is 25.7 Å². The van der Waals surface area contributed by atoms with Crippen LogP contribution in [-0.2, 0) is 4.74 Å². The van der Waals surface area contributed by atoms with Gasteiger partial charge in [-0.25, -0.2) is 4.79 Å². The summed E-state index contributed by atoms with van der Waals surface area (Å²) in [7, 11) is 0. The average molecular weight is 286 g/mol. The van der Waals surface area contributed by atoms with Crippen LogP contribution in [0.5, 0.6) is 0 Å². The van der Waals surface area contributed by atoms with E-state index in [1.807, 2.05) is 32.6 Å². The highest BCUT2D eigenvalue weighted by atomic mass is 16.6. The highest BCUT2D eigenvalue weighted by molar-refractivity contribution is 5.68. The first-order valence-electron chi connectivity index (χ1n) is 7.64. The van der Waals surface area contributed by atoms with Crippen molar-refractivity contribution in [2.75, 3.05) is 26.2 Å². The van der Waals surface area contributed by atoms with Crippen LogP contribution in [0.3, 0.4) is 0 Å². The zero-order valence-corrected chi connectivity index (χ0v) is 13.3. The summed E-state index contributed by atoms with van der Waals surface area (Å²) in [6.07, 6.45) is 3.00. The Balaban J connectivity index is 2.47. The minimum atomic E-state index is -0.447. The van der Waals surface area contributed by atoms with Crippen LogP contribution in [0, 0.1) is 5.92 Å². The summed E-state index contributed by atoms with van der Waals surface area (Å²) in [6.45, 7) is 10.2. The molecule has 1 fully saturated rings. The Kier molecular flexibility index (Phi) is 6.76. The number of hydrogen-bond donors (Lipinski definition) is 2. The summed E-state index contributed by atoms with van der Waals surface area (Å²) in [5.41, 5.74) is -0.447. The molecule has 1 aliphatic heterocycles. The van der Waals surface area contributed by atoms with Gasteiger partial charge in [0.15, 0.2) is 0 Å². The zero-order chi connectivity index (χ0) is 15.2. The first kappa shape index (κ1) is 17.2. The molecule has 0 spiro atoms. The Bertz CT molecular complexity index is 302. The topological polar surface area (TPSA) is 61.8 Å². The van der Waals surface area contributed by atoms with E-state index in [1.165, 1.54) is 0 Å². The minimum Gasteiger partial charge on any atom is -0.444 e. The van der Waals surface area contributed by atoms with Crippen molar-refractivity contribution < 1.29 is 14.6 Å². The predicted octanol–water partition coefficient (Wildman–Crippen LogP) is 1.99. The van der Waals surface area contributed by atoms with Gasteiger partial charge in [0.2, 0.25) is 0 Å². The maximum Gasteiger partial charge on any atom is 0.410 e. The second kappa shape index (κ2) is 7.84. The predicted molar refractivity (Wildman–Crippen MR) is 79.7 cm³/mol. The van der Waals surface area contributed by atoms with Crippen molar-refractivity contribution in [1.82, 2.24) is 10.2 Å². The molecule has 20 heavy (non-hydrogen) atoms. The van der Waals surface area contributed by atoms with Gasteiger partial charge in [-0.3, -0.25) is 0 Å². The fourth-order valence-electron chi connectivity index (χ4n) is 2.33. The van der Waals surface area contributed by atoms with Crippen LogP contribution in [-0.4, -0.2) is 54.0 Å². The van der Waals surface area contributed by atoms with E-state index in [9.17, 15) is 4.79 Å². The number of aliphatic hydroxyl groups excluding tert-OH is 1. The molecule has 0 aromatic carbocycles. The molecule has 0 bridgehead atoms. The van der Waals surface area contributed by atoms with E-state index in [0.717, 1.165) is 38.9 Å². The molecule has 1 rings (SSSR count). The first-order chi connectivity index (χ1) is 9.33. The monoisotopic (exact) mass is 286 g/mol. The first-order valence-corrected chi connectivity index (χ1v) is 7.64. The van der Waals surface area contributed by atoms with Crippen LogP contribution in [0.1, 0.15) is 47.0 Å². The van der Waals surface area contributed by atoms with Gasteiger partial charge in [-0.2, -0.15) is 0 Å². The van der Waals surface area contributed by atoms with Crippen molar-refractivity contribution in [2.45, 2.75) is 58.6 Å². The highest BCUT2D eigenvalue weighted by Crippen LogP contribution is 2.20. The lowest BCUT2D eigenvalue weighted by molar-refractivity contribution is 0.00983. The molecule has 1 amide bonds. The normalized spacial score (nSPS) is 21.6. The number of piperidine rings is 1. The Hall–Kier alpha value is -0.810. The second-order valence-corrected chi connectivity index (χ2v) is 6.77. The number of ether oxygens (including phenoxy) is 1. The summed E-state index contributed by atoms with van der Waals surface area (Å²) >= 11 is 0. The van der Waals surface area contributed by atoms with Gasteiger partial charge in [-0.15, -0.1) is 0 Å². The molecule has 0 radical (unpaired) electrons.